The summed E-state index contributed by atoms with van der Waals surface area (Å²) in [5, 5.41) is 0. The van der Waals surface area contributed by atoms with Gasteiger partial charge in [0, 0.05) is 0 Å². The molecule has 0 spiro atoms. The Morgan fingerprint density at radius 2 is 0.446 bits per heavy atom. The van der Waals surface area contributed by atoms with Crippen molar-refractivity contribution >= 4 is 24.7 Å². The van der Waals surface area contributed by atoms with Crippen molar-refractivity contribution in [2.45, 2.75) is 0 Å². The van der Waals surface area contributed by atoms with Crippen LogP contribution in [0.25, 0.3) is 66.8 Å². The number of nitrogens with one attached hydrogen (secondary N) is 1. The number of rotatable bonds is 21. The molecule has 0 saturated carbocycles. The molecule has 0 fully saturated rings. The van der Waals surface area contributed by atoms with Crippen molar-refractivity contribution in [2.75, 3.05) is 0 Å². The van der Waals surface area contributed by atoms with E-state index in [0.717, 1.165) is 66.8 Å². The molecule has 0 aromatic heterocycles. The SMILES string of the molecule is c1ccc(-c2ccc(OP(N[PH](N=[PH](Oc3ccc(-c4ccccc4)cc3)Oc3ccc(-c4ccccc4)cc3)(Oc3ccc(-c4ccccc4)cc3)Oc3ccc(-c4ccccc4)cc3)Oc3ccc(-c4ccccc4)cc3)cc2)cc1. The van der Waals surface area contributed by atoms with Gasteiger partial charge in [0.05, 0.1) is 0 Å². The number of hydrogen-bond acceptors (Lipinski definition) is 8. The van der Waals surface area contributed by atoms with Crippen LogP contribution in [0.5, 0.6) is 34.5 Å². The standard InChI is InChI=1S/C72H57N2O6P3/c1-7-19-55(20-8-1)61-31-43-67(44-32-61)75-81(76-68-45-33-62(34-46-68)56-21-9-2-10-22-56)73-83(79-71-51-39-65(40-52-71)59-27-15-5-16-28-59,80-72-53-41-66(42-54-72)60-29-17-6-18-30-60)74-82(77-69-47-35-63(36-48-69)57-23-11-3-12-24-57)78-70-49-37-64(38-50-70)58-25-13-4-14-26-58/h1-54,73,82-83H. The van der Waals surface area contributed by atoms with E-state index in [1.165, 1.54) is 0 Å². The molecule has 0 aliphatic rings. The second-order valence-corrected chi connectivity index (χ2v) is 24.4. The quantitative estimate of drug-likeness (QED) is 0.0718. The van der Waals surface area contributed by atoms with Crippen LogP contribution in [0.4, 0.5) is 0 Å². The van der Waals surface area contributed by atoms with Gasteiger partial charge in [-0.15, -0.1) is 0 Å². The number of benzene rings is 12. The summed E-state index contributed by atoms with van der Waals surface area (Å²) in [5.41, 5.74) is 12.6. The van der Waals surface area contributed by atoms with Crippen molar-refractivity contribution < 1.29 is 27.1 Å². The fraction of sp³-hybridized carbons (Fsp3) is 0. The maximum absolute atomic E-state index is 7.39. The number of nitrogens with zero attached hydrogens (tertiary/aromatic N) is 1. The molecular formula is C72H57N2O6P3. The van der Waals surface area contributed by atoms with Crippen molar-refractivity contribution in [1.29, 1.82) is 0 Å². The van der Waals surface area contributed by atoms with Gasteiger partial charge in [-0.05, 0) is 0 Å². The van der Waals surface area contributed by atoms with Gasteiger partial charge in [0.15, 0.2) is 0 Å². The summed E-state index contributed by atoms with van der Waals surface area (Å²) in [7, 11) is -9.65. The molecule has 0 heterocycles. The van der Waals surface area contributed by atoms with Crippen LogP contribution in [-0.2, 0) is 0 Å². The van der Waals surface area contributed by atoms with Gasteiger partial charge in [0.1, 0.15) is 0 Å². The molecule has 0 radical (unpaired) electrons. The average Bonchev–Trinajstić information content (AvgIpc) is 3.58. The van der Waals surface area contributed by atoms with Crippen LogP contribution in [0.3, 0.4) is 0 Å². The average molecular weight is 1140 g/mol. The van der Waals surface area contributed by atoms with Gasteiger partial charge in [-0.25, -0.2) is 0 Å². The second kappa shape index (κ2) is 26.4. The Morgan fingerprint density at radius 1 is 0.241 bits per heavy atom. The van der Waals surface area contributed by atoms with Gasteiger partial charge >= 0.3 is 490 Å². The maximum atomic E-state index is 7.39. The van der Waals surface area contributed by atoms with Gasteiger partial charge in [-0.1, -0.05) is 0 Å². The topological polar surface area (TPSA) is 79.8 Å². The normalized spacial score (nSPS) is 11.3. The van der Waals surface area contributed by atoms with Crippen LogP contribution in [0.2, 0.25) is 0 Å². The molecule has 0 unspecified atom stereocenters. The van der Waals surface area contributed by atoms with Crippen LogP contribution >= 0.6 is 24.7 Å². The van der Waals surface area contributed by atoms with E-state index in [1.807, 2.05) is 255 Å². The molecule has 406 valence electrons. The van der Waals surface area contributed by atoms with Gasteiger partial charge in [0.2, 0.25) is 0 Å². The molecule has 0 aliphatic heterocycles. The second-order valence-electron chi connectivity index (χ2n) is 19.3. The molecule has 11 heteroatoms. The third-order valence-corrected chi connectivity index (χ3v) is 19.9. The van der Waals surface area contributed by atoms with Gasteiger partial charge in [-0.3, -0.25) is 0 Å². The molecule has 12 rings (SSSR count). The third-order valence-electron chi connectivity index (χ3n) is 13.5. The van der Waals surface area contributed by atoms with E-state index in [2.05, 4.69) is 77.7 Å². The first-order valence-electron chi connectivity index (χ1n) is 27.2. The molecule has 12 aromatic rings. The molecule has 1 N–H and O–H groups in total. The first-order chi connectivity index (χ1) is 41.0. The number of hydrogen-bond donors (Lipinski definition) is 1. The Hall–Kier alpha value is -9.51. The predicted octanol–water partition coefficient (Wildman–Crippen LogP) is 20.9. The summed E-state index contributed by atoms with van der Waals surface area (Å²) in [6.07, 6.45) is 0. The van der Waals surface area contributed by atoms with E-state index in [0.29, 0.717) is 34.5 Å². The minimum atomic E-state index is -4.52. The monoisotopic (exact) mass is 1140 g/mol. The molecule has 0 bridgehead atoms. The minimum absolute atomic E-state index is 0.476. The van der Waals surface area contributed by atoms with E-state index in [1.54, 1.807) is 0 Å². The molecule has 0 amide bonds. The molecule has 0 saturated heterocycles. The summed E-state index contributed by atoms with van der Waals surface area (Å²) in [5.74, 6) is 3.12. The van der Waals surface area contributed by atoms with Crippen LogP contribution in [0, 0.1) is 0 Å². The van der Waals surface area contributed by atoms with Crippen LogP contribution in [0.1, 0.15) is 0 Å². The van der Waals surface area contributed by atoms with Crippen LogP contribution in [-0.4, -0.2) is 0 Å². The molecule has 12 aromatic carbocycles. The summed E-state index contributed by atoms with van der Waals surface area (Å²) in [6.45, 7) is 0. The molecule has 8 nitrogen and oxygen atoms in total. The van der Waals surface area contributed by atoms with E-state index in [4.69, 9.17) is 31.7 Å². The van der Waals surface area contributed by atoms with E-state index < -0.39 is 24.7 Å². The van der Waals surface area contributed by atoms with E-state index in [9.17, 15) is 0 Å². The van der Waals surface area contributed by atoms with E-state index >= 15 is 0 Å². The van der Waals surface area contributed by atoms with Crippen molar-refractivity contribution in [3.63, 3.8) is 0 Å². The zero-order chi connectivity index (χ0) is 55.9. The van der Waals surface area contributed by atoms with Gasteiger partial charge in [0.25, 0.3) is 0 Å². The zero-order valence-electron chi connectivity index (χ0n) is 45.0. The first kappa shape index (κ1) is 54.1. The molecule has 83 heavy (non-hydrogen) atoms. The summed E-state index contributed by atoms with van der Waals surface area (Å²) >= 11 is 0. The fourth-order valence-corrected chi connectivity index (χ4v) is 15.6. The van der Waals surface area contributed by atoms with E-state index in [-0.39, 0.29) is 0 Å². The Labute approximate surface area is 487 Å². The van der Waals surface area contributed by atoms with Crippen molar-refractivity contribution in [2.24, 2.45) is 4.52 Å². The summed E-state index contributed by atoms with van der Waals surface area (Å²) < 4.78 is 48.5. The molecular weight excluding hydrogens is 1080 g/mol. The Morgan fingerprint density at radius 3 is 0.687 bits per heavy atom. The Bertz CT molecular complexity index is 3730. The molecule has 0 aliphatic carbocycles. The van der Waals surface area contributed by atoms with Crippen molar-refractivity contribution in [3.8, 4) is 101 Å². The van der Waals surface area contributed by atoms with Crippen LogP contribution in [0.15, 0.2) is 332 Å². The van der Waals surface area contributed by atoms with Gasteiger partial charge in [-0.2, -0.15) is 0 Å². The summed E-state index contributed by atoms with van der Waals surface area (Å²) in [4.78, 5) is 3.72. The van der Waals surface area contributed by atoms with Crippen molar-refractivity contribution in [3.05, 3.63) is 328 Å². The zero-order valence-corrected chi connectivity index (χ0v) is 47.9. The Kier molecular flexibility index (Phi) is 17.2. The van der Waals surface area contributed by atoms with Crippen LogP contribution < -0.4 is 32.0 Å². The molecule has 0 atom stereocenters. The first-order valence-corrected chi connectivity index (χ1v) is 31.4. The predicted molar refractivity (Wildman–Crippen MR) is 344 cm³/mol. The Balaban J connectivity index is 1.01. The van der Waals surface area contributed by atoms with Gasteiger partial charge < -0.3 is 0 Å². The van der Waals surface area contributed by atoms with Crippen molar-refractivity contribution in [1.82, 2.24) is 4.86 Å². The third kappa shape index (κ3) is 14.3. The summed E-state index contributed by atoms with van der Waals surface area (Å²) in [6, 6.07) is 109. The fourth-order valence-electron chi connectivity index (χ4n) is 9.28.